The number of fused-ring (bicyclic) bond motifs is 1. The largest absolute Gasteiger partial charge is 0.488 e. The number of amides is 3. The molecule has 0 radical (unpaired) electrons. The van der Waals surface area contributed by atoms with E-state index in [-0.39, 0.29) is 23.8 Å². The van der Waals surface area contributed by atoms with Crippen molar-refractivity contribution < 1.29 is 19.1 Å². The molecule has 0 saturated carbocycles. The maximum atomic E-state index is 12.6. The molecule has 2 aliphatic heterocycles. The fourth-order valence-corrected chi connectivity index (χ4v) is 5.08. The summed E-state index contributed by atoms with van der Waals surface area (Å²) in [5.74, 6) is -0.433. The van der Waals surface area contributed by atoms with Gasteiger partial charge in [-0.2, -0.15) is 5.10 Å². The van der Waals surface area contributed by atoms with Gasteiger partial charge in [-0.25, -0.2) is 4.98 Å². The zero-order valence-corrected chi connectivity index (χ0v) is 18.9. The number of aryl methyl sites for hydroxylation is 1. The van der Waals surface area contributed by atoms with Crippen molar-refractivity contribution >= 4 is 45.1 Å². The molecule has 0 spiro atoms. The first-order chi connectivity index (χ1) is 15.9. The maximum Gasteiger partial charge on any atom is 0.273 e. The minimum Gasteiger partial charge on any atom is -0.488 e. The van der Waals surface area contributed by atoms with Gasteiger partial charge in [-0.3, -0.25) is 24.4 Å². The van der Waals surface area contributed by atoms with Gasteiger partial charge >= 0.3 is 0 Å². The first-order valence-corrected chi connectivity index (χ1v) is 11.7. The van der Waals surface area contributed by atoms with Gasteiger partial charge < -0.3 is 15.4 Å². The number of likely N-dealkylation sites (tertiary alicyclic amines) is 1. The molecule has 10 nitrogen and oxygen atoms in total. The van der Waals surface area contributed by atoms with Gasteiger partial charge in [0.25, 0.3) is 5.91 Å². The lowest BCUT2D eigenvalue weighted by atomic mass is 9.93. The topological polar surface area (TPSA) is 132 Å². The Morgan fingerprint density at radius 3 is 2.73 bits per heavy atom. The number of rotatable bonds is 4. The molecule has 3 N–H and O–H groups in total. The molecule has 11 heteroatoms. The predicted molar refractivity (Wildman–Crippen MR) is 122 cm³/mol. The molecule has 0 bridgehead atoms. The number of thiazole rings is 1. The van der Waals surface area contributed by atoms with E-state index in [4.69, 9.17) is 10.5 Å². The third-order valence-corrected chi connectivity index (χ3v) is 6.86. The van der Waals surface area contributed by atoms with Crippen LogP contribution < -0.4 is 15.8 Å². The van der Waals surface area contributed by atoms with Crippen LogP contribution in [0.1, 0.15) is 47.8 Å². The summed E-state index contributed by atoms with van der Waals surface area (Å²) in [5.41, 5.74) is 7.51. The first-order valence-electron chi connectivity index (χ1n) is 10.9. The SMILES string of the molecule is Cn1nc(C2CCC(=O)NC2=O)c2cccc(OC3CCN(C(=O)c4csc(N)n4)CC3)c21. The van der Waals surface area contributed by atoms with Crippen LogP contribution in [0.15, 0.2) is 23.6 Å². The lowest BCUT2D eigenvalue weighted by molar-refractivity contribution is -0.134. The smallest absolute Gasteiger partial charge is 0.273 e. The summed E-state index contributed by atoms with van der Waals surface area (Å²) in [4.78, 5) is 42.4. The Kier molecular flexibility index (Phi) is 5.49. The molecule has 1 aromatic carbocycles. The highest BCUT2D eigenvalue weighted by Crippen LogP contribution is 2.35. The Morgan fingerprint density at radius 2 is 2.03 bits per heavy atom. The van der Waals surface area contributed by atoms with Crippen molar-refractivity contribution in [3.05, 3.63) is 35.0 Å². The normalized spacial score (nSPS) is 19.7. The summed E-state index contributed by atoms with van der Waals surface area (Å²) < 4.78 is 8.08. The van der Waals surface area contributed by atoms with Crippen LogP contribution in [-0.4, -0.2) is 56.6 Å². The quantitative estimate of drug-likeness (QED) is 0.558. The molecule has 1 unspecified atom stereocenters. The van der Waals surface area contributed by atoms with E-state index in [1.54, 1.807) is 15.0 Å². The molecular weight excluding hydrogens is 444 g/mol. The number of para-hydroxylation sites is 1. The number of carbonyl (C=O) groups is 3. The first kappa shape index (κ1) is 21.4. The number of nitrogens with one attached hydrogen (secondary N) is 1. The Balaban J connectivity index is 1.31. The van der Waals surface area contributed by atoms with Gasteiger partial charge in [0, 0.05) is 50.2 Å². The average molecular weight is 469 g/mol. The van der Waals surface area contributed by atoms with E-state index >= 15 is 0 Å². The Morgan fingerprint density at radius 1 is 1.24 bits per heavy atom. The van der Waals surface area contributed by atoms with E-state index < -0.39 is 5.92 Å². The second kappa shape index (κ2) is 8.47. The van der Waals surface area contributed by atoms with E-state index in [0.717, 1.165) is 10.9 Å². The Labute approximate surface area is 193 Å². The molecule has 0 aliphatic carbocycles. The van der Waals surface area contributed by atoms with Crippen LogP contribution in [0.3, 0.4) is 0 Å². The van der Waals surface area contributed by atoms with Crippen molar-refractivity contribution in [2.24, 2.45) is 7.05 Å². The number of ether oxygens (including phenoxy) is 1. The van der Waals surface area contributed by atoms with Crippen molar-refractivity contribution in [2.75, 3.05) is 18.8 Å². The second-order valence-corrected chi connectivity index (χ2v) is 9.23. The summed E-state index contributed by atoms with van der Waals surface area (Å²) in [6.07, 6.45) is 2.09. The van der Waals surface area contributed by atoms with Gasteiger partial charge in [0.05, 0.1) is 11.6 Å². The number of benzene rings is 1. The Hall–Kier alpha value is -3.47. The van der Waals surface area contributed by atoms with E-state index in [1.165, 1.54) is 11.3 Å². The third kappa shape index (κ3) is 4.04. The van der Waals surface area contributed by atoms with Crippen LogP contribution in [-0.2, 0) is 16.6 Å². The maximum absolute atomic E-state index is 12.6. The minimum absolute atomic E-state index is 0.0471. The summed E-state index contributed by atoms with van der Waals surface area (Å²) >= 11 is 1.26. The molecule has 172 valence electrons. The standard InChI is InChI=1S/C22H24N6O4S/c1-27-19-13(18(26-27)14-5-6-17(29)25-20(14)30)3-2-4-16(19)32-12-7-9-28(10-8-12)21(31)15-11-33-22(23)24-15/h2-4,11-12,14H,5-10H2,1H3,(H2,23,24)(H,25,29,30). The minimum atomic E-state index is -0.462. The van der Waals surface area contributed by atoms with Crippen LogP contribution in [0.25, 0.3) is 10.9 Å². The third-order valence-electron chi connectivity index (χ3n) is 6.19. The molecule has 3 aromatic rings. The number of piperidine rings is 2. The van der Waals surface area contributed by atoms with Crippen LogP contribution in [0, 0.1) is 0 Å². The van der Waals surface area contributed by atoms with Crippen molar-refractivity contribution in [2.45, 2.75) is 37.7 Å². The summed E-state index contributed by atoms with van der Waals surface area (Å²) in [6, 6.07) is 5.71. The molecule has 4 heterocycles. The number of imide groups is 1. The van der Waals surface area contributed by atoms with E-state index in [0.29, 0.717) is 61.0 Å². The van der Waals surface area contributed by atoms with E-state index in [2.05, 4.69) is 15.4 Å². The van der Waals surface area contributed by atoms with E-state index in [9.17, 15) is 14.4 Å². The number of nitrogens with two attached hydrogens (primary N) is 1. The molecule has 5 rings (SSSR count). The lowest BCUT2D eigenvalue weighted by Crippen LogP contribution is -2.42. The van der Waals surface area contributed by atoms with E-state index in [1.807, 2.05) is 25.2 Å². The van der Waals surface area contributed by atoms with Crippen LogP contribution in [0.5, 0.6) is 5.75 Å². The molecule has 2 saturated heterocycles. The van der Waals surface area contributed by atoms with Gasteiger partial charge in [-0.1, -0.05) is 12.1 Å². The summed E-state index contributed by atoms with van der Waals surface area (Å²) in [7, 11) is 1.82. The average Bonchev–Trinajstić information content (AvgIpc) is 3.38. The molecule has 2 aromatic heterocycles. The molecular formula is C22H24N6O4S. The van der Waals surface area contributed by atoms with Gasteiger partial charge in [0.15, 0.2) is 5.13 Å². The zero-order valence-electron chi connectivity index (χ0n) is 18.1. The molecule has 1 atom stereocenters. The lowest BCUT2D eigenvalue weighted by Gasteiger charge is -2.32. The number of nitrogen functional groups attached to an aromatic ring is 1. The van der Waals surface area contributed by atoms with Crippen LogP contribution >= 0.6 is 11.3 Å². The highest BCUT2D eigenvalue weighted by Gasteiger charge is 2.32. The van der Waals surface area contributed by atoms with Crippen LogP contribution in [0.4, 0.5) is 5.13 Å². The van der Waals surface area contributed by atoms with Gasteiger partial charge in [0.2, 0.25) is 11.8 Å². The van der Waals surface area contributed by atoms with Gasteiger partial charge in [-0.05, 0) is 12.5 Å². The highest BCUT2D eigenvalue weighted by molar-refractivity contribution is 7.13. The summed E-state index contributed by atoms with van der Waals surface area (Å²) in [6.45, 7) is 1.15. The molecule has 2 fully saturated rings. The monoisotopic (exact) mass is 468 g/mol. The van der Waals surface area contributed by atoms with Crippen LogP contribution in [0.2, 0.25) is 0 Å². The van der Waals surface area contributed by atoms with Crippen molar-refractivity contribution in [3.63, 3.8) is 0 Å². The zero-order chi connectivity index (χ0) is 23.1. The number of carbonyl (C=O) groups excluding carboxylic acids is 3. The molecule has 3 amide bonds. The summed E-state index contributed by atoms with van der Waals surface area (Å²) in [5, 5.41) is 9.93. The fourth-order valence-electron chi connectivity index (χ4n) is 4.54. The van der Waals surface area contributed by atoms with Crippen molar-refractivity contribution in [1.82, 2.24) is 25.0 Å². The van der Waals surface area contributed by atoms with Crippen molar-refractivity contribution in [3.8, 4) is 5.75 Å². The number of hydrogen-bond acceptors (Lipinski definition) is 8. The second-order valence-electron chi connectivity index (χ2n) is 8.35. The number of aromatic nitrogens is 3. The highest BCUT2D eigenvalue weighted by atomic mass is 32.1. The van der Waals surface area contributed by atoms with Crippen molar-refractivity contribution in [1.29, 1.82) is 0 Å². The number of hydrogen-bond donors (Lipinski definition) is 2. The molecule has 2 aliphatic rings. The predicted octanol–water partition coefficient (Wildman–Crippen LogP) is 1.82. The van der Waals surface area contributed by atoms with Gasteiger partial charge in [0.1, 0.15) is 23.1 Å². The number of nitrogens with zero attached hydrogens (tertiary/aromatic N) is 4. The van der Waals surface area contributed by atoms with Gasteiger partial charge in [-0.15, -0.1) is 11.3 Å². The molecule has 33 heavy (non-hydrogen) atoms. The Bertz CT molecular complexity index is 1240. The number of anilines is 1. The fraction of sp³-hybridized carbons (Fsp3) is 0.409.